The number of anilines is 3. The normalized spacial score (nSPS) is 20.4. The molecule has 9 nitrogen and oxygen atoms in total. The Labute approximate surface area is 210 Å². The summed E-state index contributed by atoms with van der Waals surface area (Å²) in [4.78, 5) is 23.0. The maximum absolute atomic E-state index is 13.7. The Morgan fingerprint density at radius 2 is 1.97 bits per heavy atom. The lowest BCUT2D eigenvalue weighted by molar-refractivity contribution is 0.0606. The van der Waals surface area contributed by atoms with Crippen LogP contribution in [0.4, 0.5) is 17.3 Å². The van der Waals surface area contributed by atoms with E-state index in [1.165, 1.54) is 6.42 Å². The molecule has 2 aromatic heterocycles. The SMILES string of the molecule is CNc1ccc(Cl)cc1C(=O)N1CCCC[C@H]1c1cc2nc(N3CCC3)cc(N3CCCN3)n2n1. The predicted octanol–water partition coefficient (Wildman–Crippen LogP) is 3.72. The number of nitrogens with zero attached hydrogens (tertiary/aromatic N) is 6. The van der Waals surface area contributed by atoms with Gasteiger partial charge in [-0.3, -0.25) is 9.80 Å². The van der Waals surface area contributed by atoms with Crippen molar-refractivity contribution in [1.82, 2.24) is 24.9 Å². The Balaban J connectivity index is 1.39. The van der Waals surface area contributed by atoms with Crippen LogP contribution < -0.4 is 20.7 Å². The first kappa shape index (κ1) is 22.4. The highest BCUT2D eigenvalue weighted by molar-refractivity contribution is 6.31. The number of hydrazine groups is 1. The molecule has 0 aliphatic carbocycles. The molecule has 1 amide bonds. The number of likely N-dealkylation sites (tertiary alicyclic amines) is 1. The summed E-state index contributed by atoms with van der Waals surface area (Å²) < 4.78 is 1.94. The molecular formula is C25H31ClN8O. The molecule has 0 spiro atoms. The Bertz CT molecular complexity index is 1250. The van der Waals surface area contributed by atoms with Crippen LogP contribution in [0.5, 0.6) is 0 Å². The third kappa shape index (κ3) is 4.06. The molecule has 0 unspecified atom stereocenters. The minimum absolute atomic E-state index is 0.0192. The van der Waals surface area contributed by atoms with Crippen molar-refractivity contribution >= 4 is 40.5 Å². The zero-order valence-electron chi connectivity index (χ0n) is 20.0. The summed E-state index contributed by atoms with van der Waals surface area (Å²) >= 11 is 6.26. The van der Waals surface area contributed by atoms with Gasteiger partial charge in [0.2, 0.25) is 0 Å². The molecule has 10 heteroatoms. The van der Waals surface area contributed by atoms with E-state index in [1.54, 1.807) is 12.1 Å². The number of hydrogen-bond acceptors (Lipinski definition) is 7. The average molecular weight is 495 g/mol. The Kier molecular flexibility index (Phi) is 5.89. The summed E-state index contributed by atoms with van der Waals surface area (Å²) in [6.45, 7) is 4.66. The third-order valence-corrected chi connectivity index (χ3v) is 7.55. The van der Waals surface area contributed by atoms with Crippen LogP contribution in [0.1, 0.15) is 54.2 Å². The molecule has 1 atom stereocenters. The zero-order chi connectivity index (χ0) is 23.9. The summed E-state index contributed by atoms with van der Waals surface area (Å²) in [6.07, 6.45) is 5.21. The van der Waals surface area contributed by atoms with Crippen molar-refractivity contribution in [1.29, 1.82) is 0 Å². The van der Waals surface area contributed by atoms with E-state index in [1.807, 2.05) is 22.5 Å². The number of fused-ring (bicyclic) bond motifs is 1. The van der Waals surface area contributed by atoms with Crippen LogP contribution in [-0.4, -0.2) is 65.2 Å². The van der Waals surface area contributed by atoms with E-state index < -0.39 is 0 Å². The molecule has 3 saturated heterocycles. The standard InChI is InChI=1S/C25H31ClN8O/c1-27-19-8-7-17(26)14-18(19)25(35)32-12-3-2-6-21(32)20-15-23-29-22(31-10-5-11-31)16-24(34(23)30-20)33-13-4-9-28-33/h7-8,14-16,21,27-28H,2-6,9-13H2,1H3/t21-/m0/s1. The number of nitrogens with one attached hydrogen (secondary N) is 2. The van der Waals surface area contributed by atoms with Gasteiger partial charge in [-0.1, -0.05) is 11.6 Å². The second kappa shape index (κ2) is 9.20. The van der Waals surface area contributed by atoms with Crippen LogP contribution in [0.3, 0.4) is 0 Å². The van der Waals surface area contributed by atoms with Crippen LogP contribution in [0.15, 0.2) is 30.3 Å². The first-order valence-electron chi connectivity index (χ1n) is 12.6. The van der Waals surface area contributed by atoms with Crippen molar-refractivity contribution in [3.63, 3.8) is 0 Å². The zero-order valence-corrected chi connectivity index (χ0v) is 20.8. The molecule has 3 aliphatic heterocycles. The van der Waals surface area contributed by atoms with E-state index in [2.05, 4.69) is 32.8 Å². The van der Waals surface area contributed by atoms with Gasteiger partial charge in [-0.15, -0.1) is 0 Å². The fraction of sp³-hybridized carbons (Fsp3) is 0.480. The monoisotopic (exact) mass is 494 g/mol. The maximum atomic E-state index is 13.7. The summed E-state index contributed by atoms with van der Waals surface area (Å²) in [6, 6.07) is 9.51. The minimum Gasteiger partial charge on any atom is -0.387 e. The van der Waals surface area contributed by atoms with E-state index in [0.717, 1.165) is 80.5 Å². The molecule has 1 aromatic carbocycles. The van der Waals surface area contributed by atoms with Crippen molar-refractivity contribution in [2.45, 2.75) is 38.1 Å². The smallest absolute Gasteiger partial charge is 0.256 e. The van der Waals surface area contributed by atoms with Crippen molar-refractivity contribution in [2.24, 2.45) is 0 Å². The molecular weight excluding hydrogens is 464 g/mol. The van der Waals surface area contributed by atoms with E-state index in [4.69, 9.17) is 21.7 Å². The van der Waals surface area contributed by atoms with E-state index in [0.29, 0.717) is 17.1 Å². The second-order valence-corrected chi connectivity index (χ2v) is 9.95. The quantitative estimate of drug-likeness (QED) is 0.559. The Morgan fingerprint density at radius 3 is 2.71 bits per heavy atom. The number of halogens is 1. The van der Waals surface area contributed by atoms with E-state index in [-0.39, 0.29) is 11.9 Å². The largest absolute Gasteiger partial charge is 0.387 e. The summed E-state index contributed by atoms with van der Waals surface area (Å²) in [5.74, 6) is 1.98. The molecule has 35 heavy (non-hydrogen) atoms. The number of benzene rings is 1. The van der Waals surface area contributed by atoms with Crippen molar-refractivity contribution in [3.8, 4) is 0 Å². The summed E-state index contributed by atoms with van der Waals surface area (Å²) in [5, 5.41) is 10.9. The van der Waals surface area contributed by atoms with Crippen LogP contribution in [0.2, 0.25) is 5.02 Å². The van der Waals surface area contributed by atoms with Crippen LogP contribution in [-0.2, 0) is 0 Å². The fourth-order valence-electron chi connectivity index (χ4n) is 5.30. The highest BCUT2D eigenvalue weighted by Gasteiger charge is 2.32. The molecule has 3 aliphatic rings. The lowest BCUT2D eigenvalue weighted by atomic mass is 9.98. The van der Waals surface area contributed by atoms with Gasteiger partial charge in [-0.05, 0) is 50.3 Å². The van der Waals surface area contributed by atoms with Crippen molar-refractivity contribution in [3.05, 3.63) is 46.6 Å². The molecule has 0 bridgehead atoms. The van der Waals surface area contributed by atoms with Crippen molar-refractivity contribution < 1.29 is 4.79 Å². The molecule has 3 fully saturated rings. The number of aromatic nitrogens is 3. The second-order valence-electron chi connectivity index (χ2n) is 9.52. The van der Waals surface area contributed by atoms with E-state index in [9.17, 15) is 4.79 Å². The lowest BCUT2D eigenvalue weighted by Gasteiger charge is -2.35. The topological polar surface area (TPSA) is 81.0 Å². The molecule has 6 rings (SSSR count). The molecule has 2 N–H and O–H groups in total. The molecule has 0 saturated carbocycles. The minimum atomic E-state index is -0.103. The van der Waals surface area contributed by atoms with Gasteiger partial charge in [0.15, 0.2) is 5.65 Å². The van der Waals surface area contributed by atoms with Crippen molar-refractivity contribution in [2.75, 3.05) is 55.0 Å². The molecule has 5 heterocycles. The molecule has 184 valence electrons. The summed E-state index contributed by atoms with van der Waals surface area (Å²) in [5.41, 5.74) is 6.55. The molecule has 0 radical (unpaired) electrons. The van der Waals surface area contributed by atoms with Gasteiger partial charge in [-0.25, -0.2) is 10.4 Å². The van der Waals surface area contributed by atoms with E-state index >= 15 is 0 Å². The van der Waals surface area contributed by atoms with Crippen LogP contribution in [0, 0.1) is 0 Å². The highest BCUT2D eigenvalue weighted by atomic mass is 35.5. The number of rotatable bonds is 5. The third-order valence-electron chi connectivity index (χ3n) is 7.32. The highest BCUT2D eigenvalue weighted by Crippen LogP contribution is 2.35. The van der Waals surface area contributed by atoms with Gasteiger partial charge in [0.05, 0.1) is 17.3 Å². The van der Waals surface area contributed by atoms with Gasteiger partial charge in [0.1, 0.15) is 11.6 Å². The lowest BCUT2D eigenvalue weighted by Crippen LogP contribution is -2.39. The number of carbonyl (C=O) groups is 1. The first-order chi connectivity index (χ1) is 17.1. The summed E-state index contributed by atoms with van der Waals surface area (Å²) in [7, 11) is 1.82. The molecule has 3 aromatic rings. The maximum Gasteiger partial charge on any atom is 0.256 e. The Hall–Kier alpha value is -3.04. The van der Waals surface area contributed by atoms with Crippen LogP contribution in [0.25, 0.3) is 5.65 Å². The van der Waals surface area contributed by atoms with Gasteiger partial charge >= 0.3 is 0 Å². The number of piperidine rings is 1. The van der Waals surface area contributed by atoms with Crippen LogP contribution >= 0.6 is 11.6 Å². The van der Waals surface area contributed by atoms with Gasteiger partial charge in [0.25, 0.3) is 5.91 Å². The number of carbonyl (C=O) groups excluding carboxylic acids is 1. The number of hydrogen-bond donors (Lipinski definition) is 2. The predicted molar refractivity (Wildman–Crippen MR) is 138 cm³/mol. The van der Waals surface area contributed by atoms with Gasteiger partial charge < -0.3 is 15.1 Å². The number of amides is 1. The average Bonchev–Trinajstić information content (AvgIpc) is 3.52. The van der Waals surface area contributed by atoms with Gasteiger partial charge in [0, 0.05) is 62.6 Å². The Morgan fingerprint density at radius 1 is 1.09 bits per heavy atom. The fourth-order valence-corrected chi connectivity index (χ4v) is 5.47. The van der Waals surface area contributed by atoms with Gasteiger partial charge in [-0.2, -0.15) is 9.61 Å². The first-order valence-corrected chi connectivity index (χ1v) is 12.9.